The van der Waals surface area contributed by atoms with Gasteiger partial charge in [0.1, 0.15) is 40.3 Å². The molecule has 5 atom stereocenters. The zero-order chi connectivity index (χ0) is 41.3. The summed E-state index contributed by atoms with van der Waals surface area (Å²) in [5, 5.41) is 6.80. The minimum atomic E-state index is -4.01. The van der Waals surface area contributed by atoms with Gasteiger partial charge in [0.25, 0.3) is 5.91 Å². The van der Waals surface area contributed by atoms with E-state index in [1.807, 2.05) is 51.1 Å². The highest BCUT2D eigenvalue weighted by atomic mass is 32.2. The summed E-state index contributed by atoms with van der Waals surface area (Å²) in [6.45, 7) is 7.62. The van der Waals surface area contributed by atoms with Gasteiger partial charge in [0.15, 0.2) is 0 Å². The van der Waals surface area contributed by atoms with Gasteiger partial charge in [0.05, 0.1) is 29.6 Å². The molecule has 15 heteroatoms. The van der Waals surface area contributed by atoms with Gasteiger partial charge in [-0.2, -0.15) is 0 Å². The minimum absolute atomic E-state index is 0.00346. The number of allylic oxidation sites excluding steroid dienone is 1. The van der Waals surface area contributed by atoms with E-state index in [1.54, 1.807) is 14.0 Å². The number of amides is 4. The Morgan fingerprint density at radius 3 is 2.48 bits per heavy atom. The van der Waals surface area contributed by atoms with E-state index in [9.17, 15) is 27.6 Å². The lowest BCUT2D eigenvalue weighted by molar-refractivity contribution is -0.144. The molecule has 0 bridgehead atoms. The van der Waals surface area contributed by atoms with Crippen LogP contribution in [0.25, 0.3) is 10.9 Å². The number of benzene rings is 1. The van der Waals surface area contributed by atoms with Crippen molar-refractivity contribution in [2.45, 2.75) is 157 Å². The van der Waals surface area contributed by atoms with Crippen LogP contribution < -0.4 is 24.8 Å². The number of pyridine rings is 1. The van der Waals surface area contributed by atoms with E-state index >= 15 is 0 Å². The number of alkyl carbamates (subject to hydrolysis) is 1. The maximum atomic E-state index is 14.9. The summed E-state index contributed by atoms with van der Waals surface area (Å²) in [5.74, 6) is -0.899. The number of rotatable bonds is 7. The SMILES string of the molecule is COc1ccc2nc(C(C)C)c3c(c2c1)CC[C@]1(C[C@H]2C(=O)N[C@]4(C(=O)NS(=O)(=O)C5(C)CC5)CC[C@H]4/C=C\CCCCC[C@H](NC(=O)OC4(C)CC4)C(=O)N2C1)O3. The van der Waals surface area contributed by atoms with Crippen LogP contribution in [0, 0.1) is 5.92 Å². The Hall–Kier alpha value is -4.40. The lowest BCUT2D eigenvalue weighted by atomic mass is 9.65. The molecule has 3 aliphatic carbocycles. The largest absolute Gasteiger partial charge is 0.497 e. The molecule has 1 aromatic heterocycles. The van der Waals surface area contributed by atoms with Crippen LogP contribution in [0.1, 0.15) is 128 Å². The van der Waals surface area contributed by atoms with Crippen LogP contribution in [-0.4, -0.2) is 89.3 Å². The lowest BCUT2D eigenvalue weighted by Gasteiger charge is -2.48. The second-order valence-electron chi connectivity index (χ2n) is 18.4. The molecule has 6 aliphatic rings. The number of sulfonamides is 1. The van der Waals surface area contributed by atoms with E-state index in [2.05, 4.69) is 15.4 Å². The number of fused-ring (bicyclic) bond motifs is 5. The van der Waals surface area contributed by atoms with Gasteiger partial charge in [-0.05, 0) is 109 Å². The predicted molar refractivity (Wildman–Crippen MR) is 216 cm³/mol. The Balaban J connectivity index is 1.16. The Morgan fingerprint density at radius 2 is 1.81 bits per heavy atom. The number of ether oxygens (including phenoxy) is 3. The third-order valence-corrected chi connectivity index (χ3v) is 15.8. The first kappa shape index (κ1) is 40.4. The van der Waals surface area contributed by atoms with Crippen molar-refractivity contribution in [2.24, 2.45) is 5.92 Å². The smallest absolute Gasteiger partial charge is 0.408 e. The van der Waals surface area contributed by atoms with Gasteiger partial charge < -0.3 is 29.7 Å². The highest BCUT2D eigenvalue weighted by molar-refractivity contribution is 7.91. The normalized spacial score (nSPS) is 30.6. The predicted octanol–water partition coefficient (Wildman–Crippen LogP) is 5.46. The van der Waals surface area contributed by atoms with Gasteiger partial charge in [0, 0.05) is 23.3 Å². The second kappa shape index (κ2) is 14.7. The Labute approximate surface area is 340 Å². The topological polar surface area (TPSA) is 182 Å². The first-order valence-corrected chi connectivity index (χ1v) is 22.5. The van der Waals surface area contributed by atoms with Crippen molar-refractivity contribution in [3.05, 3.63) is 41.6 Å². The fraction of sp³-hybridized carbons (Fsp3) is 0.651. The van der Waals surface area contributed by atoms with E-state index in [4.69, 9.17) is 19.2 Å². The molecule has 14 nitrogen and oxygen atoms in total. The first-order chi connectivity index (χ1) is 27.5. The van der Waals surface area contributed by atoms with Crippen LogP contribution in [0.2, 0.25) is 0 Å². The number of hydrogen-bond acceptors (Lipinski definition) is 10. The molecule has 3 saturated carbocycles. The van der Waals surface area contributed by atoms with Crippen molar-refractivity contribution in [1.82, 2.24) is 25.2 Å². The number of aromatic nitrogens is 1. The molecule has 8 rings (SSSR count). The first-order valence-electron chi connectivity index (χ1n) is 21.0. The summed E-state index contributed by atoms with van der Waals surface area (Å²) in [4.78, 5) is 63.8. The Bertz CT molecular complexity index is 2170. The number of nitrogens with one attached hydrogen (secondary N) is 3. The standard InChI is InChI=1S/C43H57N5O9S/c1-26(2)34-35-29(30-23-28(55-5)13-14-31(30)44-34)16-17-42(56-35)24-33-36(49)46-43(38(51)47-58(53,54)41(4)21-22-41)18-15-27(43)11-9-7-6-8-10-12-32(37(50)48(33)25-42)45-39(52)57-40(3)19-20-40/h9,11,13-14,23,26-27,32-33H,6-8,10,12,15-22,24-25H2,1-5H3,(H,45,52)(H,46,49)(H,47,51)/b11-9-/t27-,32+,33+,42-,43-/m1/s1. The molecular weight excluding hydrogens is 763 g/mol. The molecule has 0 unspecified atom stereocenters. The second-order valence-corrected chi connectivity index (χ2v) is 20.6. The molecule has 2 aromatic rings. The highest BCUT2D eigenvalue weighted by Crippen LogP contribution is 2.48. The van der Waals surface area contributed by atoms with Crippen molar-refractivity contribution < 1.29 is 41.8 Å². The zero-order valence-corrected chi connectivity index (χ0v) is 35.1. The van der Waals surface area contributed by atoms with Gasteiger partial charge in [0.2, 0.25) is 21.8 Å². The number of aryl methyl sites for hydroxylation is 1. The maximum Gasteiger partial charge on any atom is 0.408 e. The summed E-state index contributed by atoms with van der Waals surface area (Å²) in [6.07, 6.45) is 10.9. The molecule has 3 N–H and O–H groups in total. The number of methoxy groups -OCH3 is 1. The van der Waals surface area contributed by atoms with Crippen molar-refractivity contribution in [1.29, 1.82) is 0 Å². The quantitative estimate of drug-likeness (QED) is 0.304. The molecule has 1 spiro atoms. The molecule has 4 fully saturated rings. The Morgan fingerprint density at radius 1 is 1.03 bits per heavy atom. The van der Waals surface area contributed by atoms with Crippen LogP contribution in [0.4, 0.5) is 4.79 Å². The Kier molecular flexibility index (Phi) is 10.2. The van der Waals surface area contributed by atoms with Gasteiger partial charge in [-0.3, -0.25) is 19.1 Å². The molecular formula is C43H57N5O9S. The lowest BCUT2D eigenvalue weighted by Crippen LogP contribution is -2.70. The van der Waals surface area contributed by atoms with Crippen LogP contribution >= 0.6 is 0 Å². The fourth-order valence-corrected chi connectivity index (χ4v) is 10.4. The van der Waals surface area contributed by atoms with Crippen molar-refractivity contribution in [3.8, 4) is 11.5 Å². The van der Waals surface area contributed by atoms with Crippen molar-refractivity contribution in [2.75, 3.05) is 13.7 Å². The zero-order valence-electron chi connectivity index (χ0n) is 34.3. The minimum Gasteiger partial charge on any atom is -0.497 e. The summed E-state index contributed by atoms with van der Waals surface area (Å²) in [7, 11) is -2.39. The number of nitrogens with zero attached hydrogens (tertiary/aromatic N) is 2. The maximum absolute atomic E-state index is 14.9. The fourth-order valence-electron chi connectivity index (χ4n) is 9.10. The van der Waals surface area contributed by atoms with E-state index in [0.29, 0.717) is 62.9 Å². The van der Waals surface area contributed by atoms with E-state index in [1.165, 1.54) is 4.90 Å². The monoisotopic (exact) mass is 819 g/mol. The molecule has 58 heavy (non-hydrogen) atoms. The average Bonchev–Trinajstić information content (AvgIpc) is 4.08. The third-order valence-electron chi connectivity index (χ3n) is 13.6. The van der Waals surface area contributed by atoms with E-state index in [-0.39, 0.29) is 25.3 Å². The molecule has 1 saturated heterocycles. The van der Waals surface area contributed by atoms with Crippen molar-refractivity contribution in [3.63, 3.8) is 0 Å². The summed E-state index contributed by atoms with van der Waals surface area (Å²) in [6, 6.07) is 3.71. The summed E-state index contributed by atoms with van der Waals surface area (Å²) < 4.78 is 46.4. The molecule has 314 valence electrons. The van der Waals surface area contributed by atoms with Gasteiger partial charge >= 0.3 is 6.09 Å². The molecule has 4 heterocycles. The number of carbonyl (C=O) groups is 4. The summed E-state index contributed by atoms with van der Waals surface area (Å²) in [5.41, 5.74) is -0.517. The van der Waals surface area contributed by atoms with Crippen LogP contribution in [0.3, 0.4) is 0 Å². The van der Waals surface area contributed by atoms with E-state index in [0.717, 1.165) is 47.8 Å². The number of carbonyl (C=O) groups excluding carboxylic acids is 4. The van der Waals surface area contributed by atoms with Crippen molar-refractivity contribution >= 4 is 44.7 Å². The third kappa shape index (κ3) is 7.40. The van der Waals surface area contributed by atoms with Gasteiger partial charge in [-0.1, -0.05) is 38.8 Å². The van der Waals surface area contributed by atoms with Crippen LogP contribution in [0.15, 0.2) is 30.4 Å². The molecule has 0 radical (unpaired) electrons. The summed E-state index contributed by atoms with van der Waals surface area (Å²) >= 11 is 0. The van der Waals surface area contributed by atoms with Crippen LogP contribution in [0.5, 0.6) is 11.5 Å². The number of hydrogen-bond donors (Lipinski definition) is 3. The molecule has 3 aliphatic heterocycles. The highest BCUT2D eigenvalue weighted by Gasteiger charge is 2.60. The van der Waals surface area contributed by atoms with E-state index < -0.39 is 73.3 Å². The average molecular weight is 820 g/mol. The van der Waals surface area contributed by atoms with Gasteiger partial charge in [-0.25, -0.2) is 18.2 Å². The van der Waals surface area contributed by atoms with Gasteiger partial charge in [-0.15, -0.1) is 0 Å². The van der Waals surface area contributed by atoms with Crippen LogP contribution in [-0.2, 0) is 35.6 Å². The molecule has 1 aromatic carbocycles. The molecule has 4 amide bonds.